The van der Waals surface area contributed by atoms with Gasteiger partial charge in [0.2, 0.25) is 5.91 Å². The highest BCUT2D eigenvalue weighted by Crippen LogP contribution is 2.25. The molecule has 8 heteroatoms. The van der Waals surface area contributed by atoms with Gasteiger partial charge < -0.3 is 5.32 Å². The zero-order chi connectivity index (χ0) is 20.4. The molecule has 0 radical (unpaired) electrons. The SMILES string of the molecule is Cc1sc2ncn(CCC(=O)Nc3ccnn3Cc3ccccc3)c(=O)c2c1C. The summed E-state index contributed by atoms with van der Waals surface area (Å²) in [6.45, 7) is 4.76. The molecule has 0 aliphatic heterocycles. The largest absolute Gasteiger partial charge is 0.311 e. The Kier molecular flexibility index (Phi) is 5.26. The van der Waals surface area contributed by atoms with Crippen LogP contribution in [-0.2, 0) is 17.9 Å². The molecule has 4 aromatic rings. The molecule has 1 N–H and O–H groups in total. The van der Waals surface area contributed by atoms with Crippen LogP contribution >= 0.6 is 11.3 Å². The van der Waals surface area contributed by atoms with Gasteiger partial charge in [-0.1, -0.05) is 30.3 Å². The number of carbonyl (C=O) groups excluding carboxylic acids is 1. The topological polar surface area (TPSA) is 81.8 Å². The first-order valence-corrected chi connectivity index (χ1v) is 10.2. The summed E-state index contributed by atoms with van der Waals surface area (Å²) >= 11 is 1.52. The molecule has 0 bridgehead atoms. The van der Waals surface area contributed by atoms with Crippen LogP contribution in [0.1, 0.15) is 22.4 Å². The molecule has 1 aromatic carbocycles. The van der Waals surface area contributed by atoms with Crippen molar-refractivity contribution in [2.45, 2.75) is 33.4 Å². The lowest BCUT2D eigenvalue weighted by atomic mass is 10.2. The fourth-order valence-corrected chi connectivity index (χ4v) is 4.17. The average Bonchev–Trinajstić information content (AvgIpc) is 3.26. The minimum Gasteiger partial charge on any atom is -0.311 e. The second-order valence-electron chi connectivity index (χ2n) is 6.86. The van der Waals surface area contributed by atoms with Crippen LogP contribution < -0.4 is 10.9 Å². The Hall–Kier alpha value is -3.26. The first kappa shape index (κ1) is 19.1. The summed E-state index contributed by atoms with van der Waals surface area (Å²) in [5.41, 5.74) is 1.96. The zero-order valence-corrected chi connectivity index (χ0v) is 17.1. The molecule has 7 nitrogen and oxygen atoms in total. The standard InChI is InChI=1S/C21H21N5O2S/c1-14-15(2)29-20-19(14)21(28)25(13-22-20)11-9-18(27)24-17-8-10-23-26(17)12-16-6-4-3-5-7-16/h3-8,10,13H,9,11-12H2,1-2H3,(H,24,27). The van der Waals surface area contributed by atoms with Gasteiger partial charge in [-0.15, -0.1) is 11.3 Å². The molecule has 148 valence electrons. The summed E-state index contributed by atoms with van der Waals surface area (Å²) in [5.74, 6) is 0.453. The monoisotopic (exact) mass is 407 g/mol. The Bertz CT molecular complexity index is 1220. The van der Waals surface area contributed by atoms with Crippen molar-refractivity contribution < 1.29 is 4.79 Å². The van der Waals surface area contributed by atoms with Gasteiger partial charge >= 0.3 is 0 Å². The van der Waals surface area contributed by atoms with E-state index in [2.05, 4.69) is 15.4 Å². The van der Waals surface area contributed by atoms with Gasteiger partial charge in [0.05, 0.1) is 24.5 Å². The maximum Gasteiger partial charge on any atom is 0.262 e. The quantitative estimate of drug-likeness (QED) is 0.531. The summed E-state index contributed by atoms with van der Waals surface area (Å²) in [5, 5.41) is 7.81. The highest BCUT2D eigenvalue weighted by molar-refractivity contribution is 7.18. The lowest BCUT2D eigenvalue weighted by molar-refractivity contribution is -0.116. The Labute approximate surface area is 171 Å². The maximum atomic E-state index is 12.7. The van der Waals surface area contributed by atoms with Crippen LogP contribution in [0, 0.1) is 13.8 Å². The number of nitrogens with zero attached hydrogens (tertiary/aromatic N) is 4. The van der Waals surface area contributed by atoms with Crippen molar-refractivity contribution in [3.63, 3.8) is 0 Å². The van der Waals surface area contributed by atoms with E-state index in [1.165, 1.54) is 22.2 Å². The van der Waals surface area contributed by atoms with Crippen molar-refractivity contribution >= 4 is 33.3 Å². The molecular weight excluding hydrogens is 386 g/mol. The lowest BCUT2D eigenvalue weighted by Crippen LogP contribution is -2.24. The number of carbonyl (C=O) groups is 1. The number of rotatable bonds is 6. The highest BCUT2D eigenvalue weighted by atomic mass is 32.1. The van der Waals surface area contributed by atoms with Gasteiger partial charge in [-0.2, -0.15) is 5.10 Å². The Morgan fingerprint density at radius 3 is 2.76 bits per heavy atom. The van der Waals surface area contributed by atoms with E-state index < -0.39 is 0 Å². The van der Waals surface area contributed by atoms with E-state index in [9.17, 15) is 9.59 Å². The molecule has 0 unspecified atom stereocenters. The summed E-state index contributed by atoms with van der Waals surface area (Å²) < 4.78 is 3.24. The summed E-state index contributed by atoms with van der Waals surface area (Å²) in [6, 6.07) is 11.7. The molecule has 0 aliphatic rings. The lowest BCUT2D eigenvalue weighted by Gasteiger charge is -2.10. The Morgan fingerprint density at radius 1 is 1.17 bits per heavy atom. The van der Waals surface area contributed by atoms with Gasteiger partial charge in [0.25, 0.3) is 5.56 Å². The van der Waals surface area contributed by atoms with Crippen molar-refractivity contribution in [3.05, 3.63) is 75.3 Å². The van der Waals surface area contributed by atoms with Crippen molar-refractivity contribution in [1.29, 1.82) is 0 Å². The second kappa shape index (κ2) is 8.00. The fourth-order valence-electron chi connectivity index (χ4n) is 3.18. The molecule has 3 aromatic heterocycles. The van der Waals surface area contributed by atoms with Crippen LogP contribution in [-0.4, -0.2) is 25.2 Å². The van der Waals surface area contributed by atoms with Crippen molar-refractivity contribution in [1.82, 2.24) is 19.3 Å². The molecule has 0 aliphatic carbocycles. The molecule has 29 heavy (non-hydrogen) atoms. The fraction of sp³-hybridized carbons (Fsp3) is 0.238. The first-order chi connectivity index (χ1) is 14.0. The third-order valence-corrected chi connectivity index (χ3v) is 6.01. The van der Waals surface area contributed by atoms with Crippen LogP contribution in [0.3, 0.4) is 0 Å². The molecule has 0 spiro atoms. The highest BCUT2D eigenvalue weighted by Gasteiger charge is 2.13. The number of amides is 1. The van der Waals surface area contributed by atoms with Gasteiger partial charge in [-0.25, -0.2) is 9.67 Å². The summed E-state index contributed by atoms with van der Waals surface area (Å²) in [6.07, 6.45) is 3.35. The average molecular weight is 407 g/mol. The smallest absolute Gasteiger partial charge is 0.262 e. The van der Waals surface area contributed by atoms with E-state index in [1.807, 2.05) is 44.2 Å². The second-order valence-corrected chi connectivity index (χ2v) is 8.07. The number of nitrogens with one attached hydrogen (secondary N) is 1. The summed E-state index contributed by atoms with van der Waals surface area (Å²) in [4.78, 5) is 31.4. The predicted molar refractivity (Wildman–Crippen MR) is 114 cm³/mol. The molecule has 0 atom stereocenters. The molecule has 4 rings (SSSR count). The van der Waals surface area contributed by atoms with Crippen molar-refractivity contribution in [2.24, 2.45) is 0 Å². The normalized spacial score (nSPS) is 11.1. The molecular formula is C21H21N5O2S. The first-order valence-electron chi connectivity index (χ1n) is 9.33. The van der Waals surface area contributed by atoms with Crippen molar-refractivity contribution in [2.75, 3.05) is 5.32 Å². The third-order valence-electron chi connectivity index (χ3n) is 4.89. The van der Waals surface area contributed by atoms with Gasteiger partial charge in [-0.05, 0) is 25.0 Å². The van der Waals surface area contributed by atoms with Gasteiger partial charge in [0.15, 0.2) is 0 Å². The van der Waals surface area contributed by atoms with E-state index >= 15 is 0 Å². The molecule has 0 fully saturated rings. The van der Waals surface area contributed by atoms with Crippen LogP contribution in [0.5, 0.6) is 0 Å². The van der Waals surface area contributed by atoms with Crippen LogP contribution in [0.4, 0.5) is 5.82 Å². The number of hydrogen-bond donors (Lipinski definition) is 1. The molecule has 1 amide bonds. The molecule has 0 saturated heterocycles. The zero-order valence-electron chi connectivity index (χ0n) is 16.3. The predicted octanol–water partition coefficient (Wildman–Crippen LogP) is 3.35. The number of hydrogen-bond acceptors (Lipinski definition) is 5. The van der Waals surface area contributed by atoms with Crippen LogP contribution in [0.15, 0.2) is 53.7 Å². The summed E-state index contributed by atoms with van der Waals surface area (Å²) in [7, 11) is 0. The number of aryl methyl sites for hydroxylation is 3. The minimum absolute atomic E-state index is 0.0984. The van der Waals surface area contributed by atoms with Crippen LogP contribution in [0.25, 0.3) is 10.2 Å². The number of thiophene rings is 1. The molecule has 0 saturated carbocycles. The Balaban J connectivity index is 1.43. The van der Waals surface area contributed by atoms with E-state index in [0.29, 0.717) is 17.7 Å². The Morgan fingerprint density at radius 2 is 1.97 bits per heavy atom. The van der Waals surface area contributed by atoms with Gasteiger partial charge in [-0.3, -0.25) is 14.2 Å². The van der Waals surface area contributed by atoms with E-state index in [-0.39, 0.29) is 24.4 Å². The van der Waals surface area contributed by atoms with Crippen LogP contribution in [0.2, 0.25) is 0 Å². The number of anilines is 1. The van der Waals surface area contributed by atoms with Gasteiger partial charge in [0.1, 0.15) is 10.6 Å². The van der Waals surface area contributed by atoms with E-state index in [0.717, 1.165) is 20.8 Å². The third kappa shape index (κ3) is 3.97. The number of fused-ring (bicyclic) bond motifs is 1. The molecule has 3 heterocycles. The van der Waals surface area contributed by atoms with E-state index in [1.54, 1.807) is 16.9 Å². The minimum atomic E-state index is -0.176. The van der Waals surface area contributed by atoms with E-state index in [4.69, 9.17) is 0 Å². The van der Waals surface area contributed by atoms with Crippen molar-refractivity contribution in [3.8, 4) is 0 Å². The van der Waals surface area contributed by atoms with Gasteiger partial charge in [0, 0.05) is 23.9 Å². The number of benzene rings is 1. The number of aromatic nitrogens is 4. The maximum absolute atomic E-state index is 12.7.